The number of benzene rings is 1. The van der Waals surface area contributed by atoms with Gasteiger partial charge in [0, 0.05) is 6.07 Å². The van der Waals surface area contributed by atoms with Crippen molar-refractivity contribution in [3.05, 3.63) is 43.5 Å². The topological polar surface area (TPSA) is 124 Å². The molecule has 0 aromatic heterocycles. The fourth-order valence-electron chi connectivity index (χ4n) is 2.28. The van der Waals surface area contributed by atoms with E-state index in [2.05, 4.69) is 0 Å². The van der Waals surface area contributed by atoms with Crippen LogP contribution in [0.1, 0.15) is 51.2 Å². The van der Waals surface area contributed by atoms with Gasteiger partial charge in [0.2, 0.25) is 0 Å². The van der Waals surface area contributed by atoms with Crippen LogP contribution >= 0.6 is 0 Å². The molecule has 0 amide bonds. The summed E-state index contributed by atoms with van der Waals surface area (Å²) in [6.45, 7) is 6.29. The number of carboxylic acids is 1. The number of hydrogen-bond donors (Lipinski definition) is 1. The van der Waals surface area contributed by atoms with Crippen molar-refractivity contribution in [2.75, 3.05) is 0 Å². The van der Waals surface area contributed by atoms with Gasteiger partial charge in [-0.1, -0.05) is 13.8 Å². The average Bonchev–Trinajstić information content (AvgIpc) is 2.44. The molecule has 1 aromatic carbocycles. The van der Waals surface area contributed by atoms with Gasteiger partial charge < -0.3 is 5.11 Å². The van der Waals surface area contributed by atoms with E-state index in [1.54, 1.807) is 6.92 Å². The van der Waals surface area contributed by atoms with Crippen LogP contribution in [0, 0.1) is 20.2 Å². The zero-order valence-electron chi connectivity index (χ0n) is 12.8. The Morgan fingerprint density at radius 3 is 2.18 bits per heavy atom. The Hall–Kier alpha value is -2.51. The molecular weight excluding hydrogens is 292 g/mol. The number of hydrogen-bond acceptors (Lipinski definition) is 5. The van der Waals surface area contributed by atoms with Crippen molar-refractivity contribution in [2.45, 2.75) is 45.4 Å². The van der Waals surface area contributed by atoms with Gasteiger partial charge in [-0.2, -0.15) is 0 Å². The second-order valence-corrected chi connectivity index (χ2v) is 5.68. The predicted octanol–water partition coefficient (Wildman–Crippen LogP) is 3.38. The number of carbonyl (C=O) groups is 1. The van der Waals surface area contributed by atoms with Crippen LogP contribution in [0.5, 0.6) is 0 Å². The van der Waals surface area contributed by atoms with Crippen LogP contribution in [0.3, 0.4) is 0 Å². The molecule has 22 heavy (non-hydrogen) atoms. The lowest BCUT2D eigenvalue weighted by Gasteiger charge is -2.25. The fourth-order valence-corrected chi connectivity index (χ4v) is 2.28. The molecule has 0 aliphatic heterocycles. The summed E-state index contributed by atoms with van der Waals surface area (Å²) in [6.07, 6.45) is 0.570. The molecule has 0 heterocycles. The maximum absolute atomic E-state index is 11.5. The Kier molecular flexibility index (Phi) is 4.85. The first kappa shape index (κ1) is 17.5. The van der Waals surface area contributed by atoms with Gasteiger partial charge in [0.15, 0.2) is 0 Å². The molecule has 8 heteroatoms. The Morgan fingerprint density at radius 1 is 1.27 bits per heavy atom. The van der Waals surface area contributed by atoms with Crippen LogP contribution in [0.2, 0.25) is 0 Å². The van der Waals surface area contributed by atoms with Gasteiger partial charge >= 0.3 is 5.97 Å². The van der Waals surface area contributed by atoms with Gasteiger partial charge in [0.25, 0.3) is 11.4 Å². The van der Waals surface area contributed by atoms with E-state index in [9.17, 15) is 30.1 Å². The summed E-state index contributed by atoms with van der Waals surface area (Å²) >= 11 is 0. The number of carboxylic acid groups (broad SMARTS) is 1. The number of nitro benzene ring substituents is 2. The summed E-state index contributed by atoms with van der Waals surface area (Å²) in [7, 11) is 0. The molecule has 1 rings (SSSR count). The standard InChI is InChI=1S/C14H18N2O6/c1-5-8(2)10-6-9(15(19)20)7-11(16(21)22)12(10)14(3,4)13(17)18/h6-8H,5H2,1-4H3,(H,17,18). The molecular formula is C14H18N2O6. The lowest BCUT2D eigenvalue weighted by atomic mass is 9.77. The molecule has 0 aliphatic carbocycles. The third-order valence-corrected chi connectivity index (χ3v) is 3.84. The van der Waals surface area contributed by atoms with E-state index in [0.717, 1.165) is 6.07 Å². The zero-order valence-corrected chi connectivity index (χ0v) is 12.8. The SMILES string of the molecule is CCC(C)c1cc([N+](=O)[O-])cc([N+](=O)[O-])c1C(C)(C)C(=O)O. The first-order valence-corrected chi connectivity index (χ1v) is 6.74. The number of nitrogens with zero attached hydrogens (tertiary/aromatic N) is 2. The Morgan fingerprint density at radius 2 is 1.82 bits per heavy atom. The molecule has 0 aliphatic rings. The molecule has 1 N–H and O–H groups in total. The van der Waals surface area contributed by atoms with Gasteiger partial charge in [-0.25, -0.2) is 0 Å². The van der Waals surface area contributed by atoms with E-state index in [0.29, 0.717) is 12.0 Å². The van der Waals surface area contributed by atoms with Gasteiger partial charge in [-0.05, 0) is 31.7 Å². The molecule has 0 saturated heterocycles. The minimum Gasteiger partial charge on any atom is -0.481 e. The average molecular weight is 310 g/mol. The number of rotatable bonds is 6. The van der Waals surface area contributed by atoms with E-state index >= 15 is 0 Å². The highest BCUT2D eigenvalue weighted by molar-refractivity contribution is 5.83. The molecule has 0 radical (unpaired) electrons. The van der Waals surface area contributed by atoms with Crippen LogP contribution in [0.15, 0.2) is 12.1 Å². The van der Waals surface area contributed by atoms with Crippen molar-refractivity contribution in [2.24, 2.45) is 0 Å². The zero-order chi connectivity index (χ0) is 17.2. The second-order valence-electron chi connectivity index (χ2n) is 5.68. The number of non-ortho nitro benzene ring substituents is 1. The van der Waals surface area contributed by atoms with Crippen molar-refractivity contribution in [3.8, 4) is 0 Å². The normalized spacial score (nSPS) is 12.7. The van der Waals surface area contributed by atoms with Crippen molar-refractivity contribution in [1.82, 2.24) is 0 Å². The maximum Gasteiger partial charge on any atom is 0.313 e. The van der Waals surface area contributed by atoms with Crippen molar-refractivity contribution < 1.29 is 19.7 Å². The summed E-state index contributed by atoms with van der Waals surface area (Å²) in [4.78, 5) is 32.4. The molecule has 1 unspecified atom stereocenters. The molecule has 0 saturated carbocycles. The highest BCUT2D eigenvalue weighted by atomic mass is 16.6. The molecule has 120 valence electrons. The third-order valence-electron chi connectivity index (χ3n) is 3.84. The van der Waals surface area contributed by atoms with Gasteiger partial charge in [0.05, 0.1) is 26.9 Å². The van der Waals surface area contributed by atoms with E-state index < -0.39 is 32.6 Å². The molecule has 1 aromatic rings. The van der Waals surface area contributed by atoms with Gasteiger partial charge in [-0.15, -0.1) is 0 Å². The summed E-state index contributed by atoms with van der Waals surface area (Å²) in [6, 6.07) is 2.06. The third kappa shape index (κ3) is 3.05. The summed E-state index contributed by atoms with van der Waals surface area (Å²) in [5.41, 5.74) is -2.12. The Bertz CT molecular complexity index is 638. The highest BCUT2D eigenvalue weighted by Crippen LogP contribution is 2.41. The number of nitro groups is 2. The Balaban J connectivity index is 3.88. The largest absolute Gasteiger partial charge is 0.481 e. The van der Waals surface area contributed by atoms with Gasteiger partial charge in [-0.3, -0.25) is 25.0 Å². The predicted molar refractivity (Wildman–Crippen MR) is 79.1 cm³/mol. The summed E-state index contributed by atoms with van der Waals surface area (Å²) < 4.78 is 0. The van der Waals surface area contributed by atoms with E-state index in [-0.39, 0.29) is 11.5 Å². The Labute approximate surface area is 127 Å². The first-order valence-electron chi connectivity index (χ1n) is 6.74. The van der Waals surface area contributed by atoms with Crippen LogP contribution in [-0.2, 0) is 10.2 Å². The van der Waals surface area contributed by atoms with E-state index in [1.165, 1.54) is 19.9 Å². The van der Waals surface area contributed by atoms with E-state index in [4.69, 9.17) is 0 Å². The molecule has 8 nitrogen and oxygen atoms in total. The lowest BCUT2D eigenvalue weighted by Crippen LogP contribution is -2.31. The van der Waals surface area contributed by atoms with Crippen molar-refractivity contribution in [3.63, 3.8) is 0 Å². The van der Waals surface area contributed by atoms with Crippen LogP contribution in [0.25, 0.3) is 0 Å². The van der Waals surface area contributed by atoms with Crippen LogP contribution in [-0.4, -0.2) is 20.9 Å². The monoisotopic (exact) mass is 310 g/mol. The summed E-state index contributed by atoms with van der Waals surface area (Å²) in [5, 5.41) is 31.7. The highest BCUT2D eigenvalue weighted by Gasteiger charge is 2.40. The quantitative estimate of drug-likeness (QED) is 0.634. The molecule has 0 bridgehead atoms. The van der Waals surface area contributed by atoms with Gasteiger partial charge in [0.1, 0.15) is 0 Å². The fraction of sp³-hybridized carbons (Fsp3) is 0.500. The van der Waals surface area contributed by atoms with Crippen LogP contribution in [0.4, 0.5) is 11.4 Å². The maximum atomic E-state index is 11.5. The molecule has 0 fully saturated rings. The minimum absolute atomic E-state index is 0.0185. The lowest BCUT2D eigenvalue weighted by molar-refractivity contribution is -0.394. The smallest absolute Gasteiger partial charge is 0.313 e. The second kappa shape index (κ2) is 6.08. The minimum atomic E-state index is -1.53. The molecule has 0 spiro atoms. The van der Waals surface area contributed by atoms with Crippen LogP contribution < -0.4 is 0 Å². The number of aliphatic carboxylic acids is 1. The van der Waals surface area contributed by atoms with Crippen molar-refractivity contribution >= 4 is 17.3 Å². The summed E-state index contributed by atoms with van der Waals surface area (Å²) in [5.74, 6) is -1.47. The first-order chi connectivity index (χ1) is 10.0. The van der Waals surface area contributed by atoms with Crippen molar-refractivity contribution in [1.29, 1.82) is 0 Å². The van der Waals surface area contributed by atoms with E-state index in [1.807, 2.05) is 6.92 Å². The molecule has 1 atom stereocenters.